The molecule has 0 aromatic heterocycles. The number of hydrogen-bond donors (Lipinski definition) is 0. The molecule has 2 atom stereocenters. The van der Waals surface area contributed by atoms with Crippen molar-refractivity contribution in [3.63, 3.8) is 0 Å². The second kappa shape index (κ2) is 7.43. The molecule has 1 saturated heterocycles. The molecule has 1 heterocycles. The summed E-state index contributed by atoms with van der Waals surface area (Å²) in [6.07, 6.45) is 0.345. The van der Waals surface area contributed by atoms with E-state index in [1.54, 1.807) is 21.0 Å². The highest BCUT2D eigenvalue weighted by Gasteiger charge is 2.50. The number of hydrogen-bond acceptors (Lipinski definition) is 3. The smallest absolute Gasteiger partial charge is 0.249 e. The molecule has 28 heavy (non-hydrogen) atoms. The Morgan fingerprint density at radius 1 is 1.11 bits per heavy atom. The van der Waals surface area contributed by atoms with Crippen molar-refractivity contribution >= 4 is 11.8 Å². The molecule has 144 valence electrons. The summed E-state index contributed by atoms with van der Waals surface area (Å²) in [6.45, 7) is 1.75. The van der Waals surface area contributed by atoms with E-state index in [0.717, 1.165) is 5.56 Å². The van der Waals surface area contributed by atoms with Crippen LogP contribution in [0.4, 0.5) is 4.39 Å². The molecule has 1 aliphatic heterocycles. The molecule has 2 amide bonds. The van der Waals surface area contributed by atoms with Gasteiger partial charge >= 0.3 is 0 Å². The van der Waals surface area contributed by atoms with Gasteiger partial charge in [-0.3, -0.25) is 9.59 Å². The maximum Gasteiger partial charge on any atom is 0.249 e. The number of benzene rings is 2. The molecule has 0 bridgehead atoms. The van der Waals surface area contributed by atoms with Crippen LogP contribution < -0.4 is 0 Å². The third-order valence-electron chi connectivity index (χ3n) is 5.63. The zero-order valence-corrected chi connectivity index (χ0v) is 16.1. The van der Waals surface area contributed by atoms with E-state index in [-0.39, 0.29) is 29.4 Å². The van der Waals surface area contributed by atoms with Crippen LogP contribution in [0, 0.1) is 17.1 Å². The Balaban J connectivity index is 1.92. The fourth-order valence-electron chi connectivity index (χ4n) is 3.77. The minimum absolute atomic E-state index is 0.0393. The lowest BCUT2D eigenvalue weighted by Crippen LogP contribution is -2.69. The topological polar surface area (TPSA) is 64.4 Å². The Labute approximate surface area is 164 Å². The van der Waals surface area contributed by atoms with Crippen LogP contribution in [0.15, 0.2) is 48.5 Å². The van der Waals surface area contributed by atoms with Gasteiger partial charge in [0.25, 0.3) is 0 Å². The average molecular weight is 379 g/mol. The Morgan fingerprint density at radius 2 is 1.79 bits per heavy atom. The normalized spacial score (nSPS) is 22.3. The molecule has 3 rings (SSSR count). The Kier molecular flexibility index (Phi) is 5.19. The zero-order valence-electron chi connectivity index (χ0n) is 16.1. The monoisotopic (exact) mass is 379 g/mol. The van der Waals surface area contributed by atoms with Gasteiger partial charge in [0.15, 0.2) is 0 Å². The van der Waals surface area contributed by atoms with Crippen LogP contribution in [-0.2, 0) is 22.4 Å². The molecule has 0 spiro atoms. The number of halogens is 1. The lowest BCUT2D eigenvalue weighted by Gasteiger charge is -2.48. The van der Waals surface area contributed by atoms with Crippen molar-refractivity contribution in [2.24, 2.45) is 0 Å². The summed E-state index contributed by atoms with van der Waals surface area (Å²) in [7, 11) is 3.17. The zero-order chi connectivity index (χ0) is 20.5. The van der Waals surface area contributed by atoms with Crippen molar-refractivity contribution in [2.45, 2.75) is 31.3 Å². The maximum absolute atomic E-state index is 14.3. The number of likely N-dealkylation sites (N-methyl/N-ethyl adjacent to an activating group) is 2. The quantitative estimate of drug-likeness (QED) is 0.820. The van der Waals surface area contributed by atoms with Crippen LogP contribution in [0.1, 0.15) is 23.6 Å². The van der Waals surface area contributed by atoms with E-state index in [1.807, 2.05) is 36.4 Å². The summed E-state index contributed by atoms with van der Waals surface area (Å²) in [6, 6.07) is 14.8. The van der Waals surface area contributed by atoms with E-state index >= 15 is 0 Å². The minimum atomic E-state index is -1.03. The molecule has 0 aliphatic carbocycles. The maximum atomic E-state index is 14.3. The molecule has 5 nitrogen and oxygen atoms in total. The molecular weight excluding hydrogens is 357 g/mol. The summed E-state index contributed by atoms with van der Waals surface area (Å²) >= 11 is 0. The number of carbonyl (C=O) groups is 2. The number of nitrogens with zero attached hydrogens (tertiary/aromatic N) is 3. The predicted molar refractivity (Wildman–Crippen MR) is 103 cm³/mol. The number of nitriles is 1. The summed E-state index contributed by atoms with van der Waals surface area (Å²) < 4.78 is 14.3. The standard InChI is InChI=1S/C22H22FN3O2/c1-22(13-15-8-5-4-6-9-15)21(28)25(2)19(20(27)26(22)3)12-17-16(14-24)10-7-11-18(17)23/h4-11,19H,12-13H2,1-3H3. The van der Waals surface area contributed by atoms with E-state index in [1.165, 1.54) is 28.0 Å². The van der Waals surface area contributed by atoms with Crippen LogP contribution in [0.3, 0.4) is 0 Å². The summed E-state index contributed by atoms with van der Waals surface area (Å²) in [5.74, 6) is -1.03. The average Bonchev–Trinajstić information content (AvgIpc) is 2.70. The lowest BCUT2D eigenvalue weighted by atomic mass is 9.85. The van der Waals surface area contributed by atoms with Gasteiger partial charge in [-0.05, 0) is 24.6 Å². The first-order valence-corrected chi connectivity index (χ1v) is 9.06. The van der Waals surface area contributed by atoms with Crippen LogP contribution in [-0.4, -0.2) is 47.3 Å². The second-order valence-corrected chi connectivity index (χ2v) is 7.35. The molecular formula is C22H22FN3O2. The third kappa shape index (κ3) is 3.24. The molecule has 0 N–H and O–H groups in total. The number of amides is 2. The fraction of sp³-hybridized carbons (Fsp3) is 0.318. The van der Waals surface area contributed by atoms with E-state index in [2.05, 4.69) is 0 Å². The summed E-state index contributed by atoms with van der Waals surface area (Å²) in [5, 5.41) is 9.26. The van der Waals surface area contributed by atoms with E-state index < -0.39 is 17.4 Å². The number of rotatable bonds is 4. The molecule has 6 heteroatoms. The molecule has 1 fully saturated rings. The first-order chi connectivity index (χ1) is 13.3. The van der Waals surface area contributed by atoms with E-state index in [9.17, 15) is 19.2 Å². The van der Waals surface area contributed by atoms with Crippen molar-refractivity contribution in [3.8, 4) is 6.07 Å². The highest BCUT2D eigenvalue weighted by molar-refractivity contribution is 5.99. The van der Waals surface area contributed by atoms with Crippen LogP contribution in [0.2, 0.25) is 0 Å². The van der Waals surface area contributed by atoms with Gasteiger partial charge < -0.3 is 9.80 Å². The molecule has 2 aromatic rings. The summed E-state index contributed by atoms with van der Waals surface area (Å²) in [5.41, 5.74) is 0.250. The Bertz CT molecular complexity index is 954. The Hall–Kier alpha value is -3.20. The van der Waals surface area contributed by atoms with Gasteiger partial charge in [-0.15, -0.1) is 0 Å². The number of carbonyl (C=O) groups excluding carboxylic acids is 2. The SMILES string of the molecule is CN1C(=O)C(C)(Cc2ccccc2)N(C)C(=O)C1Cc1c(F)cccc1C#N. The minimum Gasteiger partial charge on any atom is -0.331 e. The summed E-state index contributed by atoms with van der Waals surface area (Å²) in [4.78, 5) is 29.2. The van der Waals surface area contributed by atoms with Crippen molar-refractivity contribution in [1.82, 2.24) is 9.80 Å². The highest BCUT2D eigenvalue weighted by Crippen LogP contribution is 2.30. The van der Waals surface area contributed by atoms with Crippen molar-refractivity contribution in [1.29, 1.82) is 5.26 Å². The van der Waals surface area contributed by atoms with Gasteiger partial charge in [0.05, 0.1) is 11.6 Å². The van der Waals surface area contributed by atoms with Gasteiger partial charge in [-0.1, -0.05) is 36.4 Å². The van der Waals surface area contributed by atoms with E-state index in [4.69, 9.17) is 0 Å². The van der Waals surface area contributed by atoms with Gasteiger partial charge in [-0.25, -0.2) is 4.39 Å². The van der Waals surface area contributed by atoms with Crippen LogP contribution in [0.25, 0.3) is 0 Å². The molecule has 0 saturated carbocycles. The fourth-order valence-corrected chi connectivity index (χ4v) is 3.77. The predicted octanol–water partition coefficient (Wildman–Crippen LogP) is 2.54. The van der Waals surface area contributed by atoms with Crippen molar-refractivity contribution in [2.75, 3.05) is 14.1 Å². The first kappa shape index (κ1) is 19.6. The van der Waals surface area contributed by atoms with Crippen LogP contribution >= 0.6 is 0 Å². The van der Waals surface area contributed by atoms with E-state index in [0.29, 0.717) is 6.42 Å². The molecule has 2 unspecified atom stereocenters. The van der Waals surface area contributed by atoms with Gasteiger partial charge in [0.2, 0.25) is 11.8 Å². The second-order valence-electron chi connectivity index (χ2n) is 7.35. The van der Waals surface area contributed by atoms with Gasteiger partial charge in [0.1, 0.15) is 17.4 Å². The molecule has 0 radical (unpaired) electrons. The van der Waals surface area contributed by atoms with Crippen molar-refractivity contribution < 1.29 is 14.0 Å². The highest BCUT2D eigenvalue weighted by atomic mass is 19.1. The van der Waals surface area contributed by atoms with Crippen molar-refractivity contribution in [3.05, 3.63) is 71.0 Å². The number of piperazine rings is 1. The lowest BCUT2D eigenvalue weighted by molar-refractivity contribution is -0.166. The Morgan fingerprint density at radius 3 is 2.43 bits per heavy atom. The largest absolute Gasteiger partial charge is 0.331 e. The first-order valence-electron chi connectivity index (χ1n) is 9.06. The van der Waals surface area contributed by atoms with Crippen LogP contribution in [0.5, 0.6) is 0 Å². The molecule has 1 aliphatic rings. The van der Waals surface area contributed by atoms with Gasteiger partial charge in [-0.2, -0.15) is 5.26 Å². The molecule has 2 aromatic carbocycles. The third-order valence-corrected chi connectivity index (χ3v) is 5.63. The van der Waals surface area contributed by atoms with Gasteiger partial charge in [0, 0.05) is 32.5 Å².